The first-order chi connectivity index (χ1) is 11.5. The molecule has 4 heteroatoms. The highest BCUT2D eigenvalue weighted by Gasteiger charge is 2.08. The maximum Gasteiger partial charge on any atom is 0.234 e. The summed E-state index contributed by atoms with van der Waals surface area (Å²) in [5.74, 6) is 0.844. The van der Waals surface area contributed by atoms with Crippen molar-refractivity contribution in [2.45, 2.75) is 26.9 Å². The number of nitrogens with zero attached hydrogens (tertiary/aromatic N) is 1. The molecule has 0 unspecified atom stereocenters. The monoisotopic (exact) mass is 326 g/mol. The normalized spacial score (nSPS) is 10.7. The molecule has 0 aromatic heterocycles. The van der Waals surface area contributed by atoms with Crippen LogP contribution in [0.4, 0.5) is 0 Å². The molecule has 1 amide bonds. The largest absolute Gasteiger partial charge is 0.497 e. The van der Waals surface area contributed by atoms with Crippen molar-refractivity contribution in [3.8, 4) is 5.75 Å². The molecule has 0 radical (unpaired) electrons. The quantitative estimate of drug-likeness (QED) is 0.850. The highest BCUT2D eigenvalue weighted by atomic mass is 16.5. The number of methoxy groups -OCH3 is 1. The summed E-state index contributed by atoms with van der Waals surface area (Å²) in [6.45, 7) is 5.87. The first-order valence-electron chi connectivity index (χ1n) is 8.12. The van der Waals surface area contributed by atoms with Gasteiger partial charge in [0.25, 0.3) is 0 Å². The molecule has 2 aromatic rings. The van der Waals surface area contributed by atoms with Crippen LogP contribution in [0.25, 0.3) is 0 Å². The van der Waals surface area contributed by atoms with Gasteiger partial charge >= 0.3 is 0 Å². The molecule has 24 heavy (non-hydrogen) atoms. The Hall–Kier alpha value is -2.33. The third-order valence-electron chi connectivity index (χ3n) is 4.00. The van der Waals surface area contributed by atoms with Crippen LogP contribution in [0.5, 0.6) is 5.75 Å². The number of carbonyl (C=O) groups is 1. The van der Waals surface area contributed by atoms with Crippen LogP contribution in [0.1, 0.15) is 22.3 Å². The van der Waals surface area contributed by atoms with Crippen molar-refractivity contribution in [3.63, 3.8) is 0 Å². The van der Waals surface area contributed by atoms with Crippen molar-refractivity contribution in [2.24, 2.45) is 0 Å². The average molecular weight is 326 g/mol. The Balaban J connectivity index is 1.80. The summed E-state index contributed by atoms with van der Waals surface area (Å²) in [4.78, 5) is 14.1. The predicted octanol–water partition coefficient (Wildman–Crippen LogP) is 3.06. The van der Waals surface area contributed by atoms with Crippen molar-refractivity contribution >= 4 is 5.91 Å². The van der Waals surface area contributed by atoms with Crippen LogP contribution in [-0.2, 0) is 17.9 Å². The van der Waals surface area contributed by atoms with Crippen LogP contribution in [0.2, 0.25) is 0 Å². The summed E-state index contributed by atoms with van der Waals surface area (Å²) < 4.78 is 5.13. The maximum atomic E-state index is 12.1. The summed E-state index contributed by atoms with van der Waals surface area (Å²) in [6.07, 6.45) is 0. The molecule has 2 rings (SSSR count). The zero-order valence-corrected chi connectivity index (χ0v) is 14.9. The lowest BCUT2D eigenvalue weighted by Crippen LogP contribution is -2.34. The smallest absolute Gasteiger partial charge is 0.234 e. The number of rotatable bonds is 7. The van der Waals surface area contributed by atoms with Gasteiger partial charge in [0.2, 0.25) is 5.91 Å². The van der Waals surface area contributed by atoms with Crippen LogP contribution in [-0.4, -0.2) is 31.5 Å². The zero-order chi connectivity index (χ0) is 17.5. The van der Waals surface area contributed by atoms with E-state index < -0.39 is 0 Å². The Bertz CT molecular complexity index is 681. The predicted molar refractivity (Wildman–Crippen MR) is 97.1 cm³/mol. The number of nitrogens with one attached hydrogen (secondary N) is 1. The Morgan fingerprint density at radius 3 is 2.46 bits per heavy atom. The van der Waals surface area contributed by atoms with Gasteiger partial charge in [0.15, 0.2) is 0 Å². The molecule has 0 aliphatic rings. The summed E-state index contributed by atoms with van der Waals surface area (Å²) in [7, 11) is 3.61. The molecule has 0 bridgehead atoms. The molecular formula is C20H26N2O2. The first kappa shape index (κ1) is 18.0. The maximum absolute atomic E-state index is 12.1. The van der Waals surface area contributed by atoms with Gasteiger partial charge in [-0.15, -0.1) is 0 Å². The third kappa shape index (κ3) is 5.39. The van der Waals surface area contributed by atoms with E-state index in [2.05, 4.69) is 37.4 Å². The number of amides is 1. The van der Waals surface area contributed by atoms with Gasteiger partial charge in [-0.3, -0.25) is 9.69 Å². The lowest BCUT2D eigenvalue weighted by atomic mass is 10.1. The number of hydrogen-bond donors (Lipinski definition) is 1. The van der Waals surface area contributed by atoms with Crippen molar-refractivity contribution in [2.75, 3.05) is 20.7 Å². The lowest BCUT2D eigenvalue weighted by molar-refractivity contribution is -0.122. The summed E-state index contributed by atoms with van der Waals surface area (Å²) in [6, 6.07) is 14.1. The molecular weight excluding hydrogens is 300 g/mol. The number of carbonyl (C=O) groups excluding carboxylic acids is 1. The summed E-state index contributed by atoms with van der Waals surface area (Å²) in [5, 5.41) is 2.96. The van der Waals surface area contributed by atoms with Crippen molar-refractivity contribution in [1.29, 1.82) is 0 Å². The van der Waals surface area contributed by atoms with Crippen LogP contribution >= 0.6 is 0 Å². The van der Waals surface area contributed by atoms with E-state index in [0.717, 1.165) is 17.9 Å². The molecule has 4 nitrogen and oxygen atoms in total. The van der Waals surface area contributed by atoms with E-state index in [1.807, 2.05) is 36.2 Å². The first-order valence-corrected chi connectivity index (χ1v) is 8.12. The van der Waals surface area contributed by atoms with Gasteiger partial charge in [-0.2, -0.15) is 0 Å². The topological polar surface area (TPSA) is 41.6 Å². The highest BCUT2D eigenvalue weighted by molar-refractivity contribution is 5.77. The zero-order valence-electron chi connectivity index (χ0n) is 14.9. The molecule has 0 fully saturated rings. The SMILES string of the molecule is COc1ccc(CNC(=O)CN(C)Cc2ccc(C)cc2C)cc1. The molecule has 0 aliphatic carbocycles. The van der Waals surface area contributed by atoms with Gasteiger partial charge in [-0.25, -0.2) is 0 Å². The minimum absolute atomic E-state index is 0.0260. The van der Waals surface area contributed by atoms with E-state index in [-0.39, 0.29) is 5.91 Å². The van der Waals surface area contributed by atoms with Crippen molar-refractivity contribution < 1.29 is 9.53 Å². The standard InChI is InChI=1S/C20H26N2O2/c1-15-5-8-18(16(2)11-15)13-22(3)14-20(23)21-12-17-6-9-19(24-4)10-7-17/h5-11H,12-14H2,1-4H3,(H,21,23). The van der Waals surface area contributed by atoms with E-state index in [1.54, 1.807) is 7.11 Å². The Morgan fingerprint density at radius 2 is 1.83 bits per heavy atom. The Morgan fingerprint density at radius 1 is 1.12 bits per heavy atom. The third-order valence-corrected chi connectivity index (χ3v) is 4.00. The van der Waals surface area contributed by atoms with Gasteiger partial charge in [-0.05, 0) is 49.7 Å². The average Bonchev–Trinajstić information content (AvgIpc) is 2.56. The number of likely N-dealkylation sites (N-methyl/N-ethyl adjacent to an activating group) is 1. The van der Waals surface area contributed by atoms with E-state index in [9.17, 15) is 4.79 Å². The molecule has 0 atom stereocenters. The highest BCUT2D eigenvalue weighted by Crippen LogP contribution is 2.13. The van der Waals surface area contributed by atoms with E-state index in [1.165, 1.54) is 16.7 Å². The van der Waals surface area contributed by atoms with E-state index >= 15 is 0 Å². The minimum Gasteiger partial charge on any atom is -0.497 e. The molecule has 0 spiro atoms. The number of ether oxygens (including phenoxy) is 1. The van der Waals surface area contributed by atoms with Gasteiger partial charge in [0.1, 0.15) is 5.75 Å². The fourth-order valence-electron chi connectivity index (χ4n) is 2.61. The van der Waals surface area contributed by atoms with Crippen LogP contribution in [0.3, 0.4) is 0 Å². The van der Waals surface area contributed by atoms with E-state index in [4.69, 9.17) is 4.74 Å². The van der Waals surface area contributed by atoms with Gasteiger partial charge in [0, 0.05) is 13.1 Å². The fourth-order valence-corrected chi connectivity index (χ4v) is 2.61. The molecule has 0 heterocycles. The van der Waals surface area contributed by atoms with Crippen molar-refractivity contribution in [3.05, 3.63) is 64.7 Å². The Labute approximate surface area is 144 Å². The number of hydrogen-bond acceptors (Lipinski definition) is 3. The number of aryl methyl sites for hydroxylation is 2. The second-order valence-corrected chi connectivity index (χ2v) is 6.23. The van der Waals surface area contributed by atoms with Crippen LogP contribution in [0.15, 0.2) is 42.5 Å². The molecule has 2 aromatic carbocycles. The Kier molecular flexibility index (Phi) is 6.38. The van der Waals surface area contributed by atoms with Gasteiger partial charge in [-0.1, -0.05) is 35.9 Å². The summed E-state index contributed by atoms with van der Waals surface area (Å²) in [5.41, 5.74) is 4.84. The van der Waals surface area contributed by atoms with Crippen LogP contribution < -0.4 is 10.1 Å². The lowest BCUT2D eigenvalue weighted by Gasteiger charge is -2.18. The summed E-state index contributed by atoms with van der Waals surface area (Å²) >= 11 is 0. The molecule has 1 N–H and O–H groups in total. The van der Waals surface area contributed by atoms with Gasteiger partial charge in [0.05, 0.1) is 13.7 Å². The number of benzene rings is 2. The molecule has 0 saturated heterocycles. The molecule has 0 saturated carbocycles. The van der Waals surface area contributed by atoms with Crippen LogP contribution in [0, 0.1) is 13.8 Å². The van der Waals surface area contributed by atoms with E-state index in [0.29, 0.717) is 13.1 Å². The van der Waals surface area contributed by atoms with Crippen molar-refractivity contribution in [1.82, 2.24) is 10.2 Å². The minimum atomic E-state index is 0.0260. The van der Waals surface area contributed by atoms with Gasteiger partial charge < -0.3 is 10.1 Å². The fraction of sp³-hybridized carbons (Fsp3) is 0.350. The second-order valence-electron chi connectivity index (χ2n) is 6.23. The molecule has 0 aliphatic heterocycles. The molecule has 128 valence electrons. The second kappa shape index (κ2) is 8.50.